The third kappa shape index (κ3) is 24.8. The molecule has 0 amide bonds. The van der Waals surface area contributed by atoms with Gasteiger partial charge in [-0.2, -0.15) is 0 Å². The molecule has 130 valence electrons. The first-order valence-electron chi connectivity index (χ1n) is 8.59. The van der Waals surface area contributed by atoms with Crippen LogP contribution in [0, 0.1) is 11.8 Å². The van der Waals surface area contributed by atoms with Crippen LogP contribution in [0.5, 0.6) is 0 Å². The number of carbonyl (C=O) groups is 1. The molecular formula is C17H40N2O2. The minimum Gasteiger partial charge on any atom is -0.483 e. The monoisotopic (exact) mass is 304 g/mol. The molecule has 0 fully saturated rings. The lowest BCUT2D eigenvalue weighted by Crippen LogP contribution is -2.12. The molecule has 2 atom stereocenters. The maximum atomic E-state index is 8.36. The molecule has 0 aromatic carbocycles. The summed E-state index contributed by atoms with van der Waals surface area (Å²) in [6.07, 6.45) is 10.4. The van der Waals surface area contributed by atoms with Crippen molar-refractivity contribution < 1.29 is 9.90 Å². The summed E-state index contributed by atoms with van der Waals surface area (Å²) in [4.78, 5) is 8.36. The summed E-state index contributed by atoms with van der Waals surface area (Å²) >= 11 is 0. The van der Waals surface area contributed by atoms with Gasteiger partial charge in [-0.25, -0.2) is 0 Å². The van der Waals surface area contributed by atoms with Crippen LogP contribution in [-0.4, -0.2) is 24.7 Å². The number of nitrogens with two attached hydrogens (primary N) is 2. The summed E-state index contributed by atoms with van der Waals surface area (Å²) in [6.45, 7) is 10.4. The molecule has 0 saturated heterocycles. The fourth-order valence-electron chi connectivity index (χ4n) is 1.96. The Morgan fingerprint density at radius 2 is 1.14 bits per heavy atom. The molecule has 0 rings (SSSR count). The third-order valence-corrected chi connectivity index (χ3v) is 3.75. The van der Waals surface area contributed by atoms with E-state index in [1.807, 2.05) is 0 Å². The fourth-order valence-corrected chi connectivity index (χ4v) is 1.96. The predicted molar refractivity (Wildman–Crippen MR) is 93.4 cm³/mol. The van der Waals surface area contributed by atoms with Crippen molar-refractivity contribution in [2.24, 2.45) is 23.3 Å². The van der Waals surface area contributed by atoms with Crippen LogP contribution in [0.2, 0.25) is 0 Å². The van der Waals surface area contributed by atoms with E-state index in [2.05, 4.69) is 27.7 Å². The Morgan fingerprint density at radius 1 is 0.857 bits per heavy atom. The fraction of sp³-hybridized carbons (Fsp3) is 0.941. The molecule has 0 bridgehead atoms. The average molecular weight is 305 g/mol. The van der Waals surface area contributed by atoms with Crippen LogP contribution in [-0.2, 0) is 4.79 Å². The highest BCUT2D eigenvalue weighted by Gasteiger charge is 2.01. The lowest BCUT2D eigenvalue weighted by Gasteiger charge is -2.09. The molecule has 0 saturated carbocycles. The molecular weight excluding hydrogens is 264 g/mol. The van der Waals surface area contributed by atoms with Crippen LogP contribution in [0.25, 0.3) is 0 Å². The second-order valence-corrected chi connectivity index (χ2v) is 5.41. The number of carboxylic acid groups (broad SMARTS) is 1. The van der Waals surface area contributed by atoms with E-state index in [4.69, 9.17) is 21.4 Å². The minimum atomic E-state index is -0.250. The summed E-state index contributed by atoms with van der Waals surface area (Å²) in [5.74, 6) is 1.56. The van der Waals surface area contributed by atoms with Gasteiger partial charge < -0.3 is 16.6 Å². The zero-order valence-corrected chi connectivity index (χ0v) is 14.8. The molecule has 5 N–H and O–H groups in total. The van der Waals surface area contributed by atoms with Gasteiger partial charge in [-0.3, -0.25) is 4.79 Å². The van der Waals surface area contributed by atoms with Crippen molar-refractivity contribution in [2.45, 2.75) is 79.1 Å². The molecule has 21 heavy (non-hydrogen) atoms. The summed E-state index contributed by atoms with van der Waals surface area (Å²) < 4.78 is 0. The van der Waals surface area contributed by atoms with E-state index in [-0.39, 0.29) is 6.47 Å². The molecule has 0 aromatic heterocycles. The first-order valence-corrected chi connectivity index (χ1v) is 8.59. The molecule has 0 spiro atoms. The van der Waals surface area contributed by atoms with Gasteiger partial charge in [-0.15, -0.1) is 0 Å². The van der Waals surface area contributed by atoms with Crippen molar-refractivity contribution in [3.8, 4) is 0 Å². The molecule has 0 radical (unpaired) electrons. The Kier molecular flexibility index (Phi) is 29.5. The zero-order chi connectivity index (χ0) is 16.9. The van der Waals surface area contributed by atoms with Crippen LogP contribution in [0.4, 0.5) is 0 Å². The molecule has 4 nitrogen and oxygen atoms in total. The Morgan fingerprint density at radius 3 is 1.29 bits per heavy atom. The quantitative estimate of drug-likeness (QED) is 0.532. The largest absolute Gasteiger partial charge is 0.483 e. The van der Waals surface area contributed by atoms with Crippen LogP contribution in [0.15, 0.2) is 0 Å². The molecule has 0 aliphatic heterocycles. The molecule has 0 aliphatic carbocycles. The number of rotatable bonds is 10. The van der Waals surface area contributed by atoms with Gasteiger partial charge in [0.1, 0.15) is 0 Å². The molecule has 0 heterocycles. The van der Waals surface area contributed by atoms with Gasteiger partial charge in [-0.1, -0.05) is 66.2 Å². The van der Waals surface area contributed by atoms with Gasteiger partial charge in [0.15, 0.2) is 0 Å². The van der Waals surface area contributed by atoms with E-state index < -0.39 is 0 Å². The summed E-state index contributed by atoms with van der Waals surface area (Å²) in [7, 11) is 0. The van der Waals surface area contributed by atoms with Crippen LogP contribution in [0.1, 0.15) is 79.1 Å². The van der Waals surface area contributed by atoms with E-state index in [0.29, 0.717) is 0 Å². The van der Waals surface area contributed by atoms with Crippen LogP contribution < -0.4 is 11.5 Å². The van der Waals surface area contributed by atoms with Gasteiger partial charge in [0, 0.05) is 0 Å². The van der Waals surface area contributed by atoms with Crippen molar-refractivity contribution in [1.82, 2.24) is 0 Å². The maximum absolute atomic E-state index is 8.36. The van der Waals surface area contributed by atoms with Gasteiger partial charge >= 0.3 is 0 Å². The second kappa shape index (κ2) is 24.4. The lowest BCUT2D eigenvalue weighted by atomic mass is 10.00. The number of hydrogen-bond donors (Lipinski definition) is 3. The summed E-state index contributed by atoms with van der Waals surface area (Å²) in [6, 6.07) is 0. The highest BCUT2D eigenvalue weighted by molar-refractivity contribution is 5.32. The summed E-state index contributed by atoms with van der Waals surface area (Å²) in [5.41, 5.74) is 11.0. The first-order chi connectivity index (χ1) is 10.1. The van der Waals surface area contributed by atoms with Crippen molar-refractivity contribution >= 4 is 6.47 Å². The minimum absolute atomic E-state index is 0.250. The van der Waals surface area contributed by atoms with Crippen molar-refractivity contribution in [2.75, 3.05) is 13.1 Å². The average Bonchev–Trinajstić information content (AvgIpc) is 2.51. The van der Waals surface area contributed by atoms with E-state index in [1.54, 1.807) is 0 Å². The normalized spacial score (nSPS) is 12.3. The van der Waals surface area contributed by atoms with E-state index in [1.165, 1.54) is 51.4 Å². The smallest absolute Gasteiger partial charge is 0.290 e. The van der Waals surface area contributed by atoms with Crippen molar-refractivity contribution in [3.63, 3.8) is 0 Å². The number of hydrogen-bond acceptors (Lipinski definition) is 3. The zero-order valence-electron chi connectivity index (χ0n) is 14.8. The second-order valence-electron chi connectivity index (χ2n) is 5.41. The molecule has 2 unspecified atom stereocenters. The molecule has 0 aromatic rings. The topological polar surface area (TPSA) is 89.3 Å². The number of unbranched alkanes of at least 4 members (excludes halogenated alkanes) is 2. The maximum Gasteiger partial charge on any atom is 0.290 e. The Bertz CT molecular complexity index is 154. The van der Waals surface area contributed by atoms with E-state index >= 15 is 0 Å². The van der Waals surface area contributed by atoms with E-state index in [0.717, 1.165) is 24.9 Å². The first kappa shape index (κ1) is 25.3. The highest BCUT2D eigenvalue weighted by Crippen LogP contribution is 2.10. The van der Waals surface area contributed by atoms with Gasteiger partial charge in [0.25, 0.3) is 6.47 Å². The third-order valence-electron chi connectivity index (χ3n) is 3.75. The predicted octanol–water partition coefficient (Wildman–Crippen LogP) is 4.02. The van der Waals surface area contributed by atoms with Crippen LogP contribution >= 0.6 is 0 Å². The lowest BCUT2D eigenvalue weighted by molar-refractivity contribution is -0.122. The van der Waals surface area contributed by atoms with Crippen LogP contribution in [0.3, 0.4) is 0 Å². The Balaban J connectivity index is -0.000000260. The van der Waals surface area contributed by atoms with Gasteiger partial charge in [0.2, 0.25) is 0 Å². The molecule has 0 aliphatic rings. The molecule has 4 heteroatoms. The Hall–Kier alpha value is -0.610. The standard InChI is InChI=1S/2C8H19N.CH2O2/c2*1-3-5-6-8(4-2)7-9;2-1-3/h2*8H,3-7,9H2,1-2H3;1H,(H,2,3). The van der Waals surface area contributed by atoms with Crippen molar-refractivity contribution in [3.05, 3.63) is 0 Å². The highest BCUT2D eigenvalue weighted by atomic mass is 16.3. The van der Waals surface area contributed by atoms with Gasteiger partial charge in [-0.05, 0) is 37.8 Å². The van der Waals surface area contributed by atoms with Gasteiger partial charge in [0.05, 0.1) is 0 Å². The SMILES string of the molecule is CCCCC(CC)CN.CCCCC(CC)CN.O=CO. The van der Waals surface area contributed by atoms with E-state index in [9.17, 15) is 0 Å². The van der Waals surface area contributed by atoms with Crippen molar-refractivity contribution in [1.29, 1.82) is 0 Å². The summed E-state index contributed by atoms with van der Waals surface area (Å²) in [5, 5.41) is 6.89. The Labute approximate surface area is 132 Å².